The van der Waals surface area contributed by atoms with E-state index in [1.807, 2.05) is 6.92 Å². The molecule has 1 unspecified atom stereocenters. The van der Waals surface area contributed by atoms with Crippen molar-refractivity contribution in [2.75, 3.05) is 0 Å². The zero-order chi connectivity index (χ0) is 15.7. The fourth-order valence-corrected chi connectivity index (χ4v) is 2.43. The van der Waals surface area contributed by atoms with Gasteiger partial charge in [0.2, 0.25) is 0 Å². The summed E-state index contributed by atoms with van der Waals surface area (Å²) in [4.78, 5) is 10.3. The van der Waals surface area contributed by atoms with Crippen molar-refractivity contribution in [3.63, 3.8) is 0 Å². The summed E-state index contributed by atoms with van der Waals surface area (Å²) in [5, 5.41) is 13.5. The summed E-state index contributed by atoms with van der Waals surface area (Å²) in [7, 11) is 0. The number of nitrogens with one attached hydrogen (secondary N) is 1. The highest BCUT2D eigenvalue weighted by molar-refractivity contribution is 5.36. The number of nitro groups is 1. The SMILES string of the molecule is CCCC(NC1(C(F)(F)F)CC1)c1cccc([N+](=O)[O-])c1. The molecule has 1 aliphatic carbocycles. The highest BCUT2D eigenvalue weighted by Crippen LogP contribution is 2.50. The Labute approximate surface area is 120 Å². The highest BCUT2D eigenvalue weighted by atomic mass is 19.4. The Kier molecular flexibility index (Phi) is 4.22. The Morgan fingerprint density at radius 1 is 1.43 bits per heavy atom. The first-order chi connectivity index (χ1) is 9.79. The van der Waals surface area contributed by atoms with Crippen LogP contribution in [0.5, 0.6) is 0 Å². The van der Waals surface area contributed by atoms with Crippen LogP contribution in [0.4, 0.5) is 18.9 Å². The van der Waals surface area contributed by atoms with Gasteiger partial charge < -0.3 is 0 Å². The van der Waals surface area contributed by atoms with Crippen LogP contribution < -0.4 is 5.32 Å². The van der Waals surface area contributed by atoms with Crippen LogP contribution in [-0.4, -0.2) is 16.6 Å². The number of hydrogen-bond acceptors (Lipinski definition) is 3. The van der Waals surface area contributed by atoms with E-state index in [0.29, 0.717) is 18.4 Å². The second kappa shape index (κ2) is 5.63. The Hall–Kier alpha value is -1.63. The average Bonchev–Trinajstić information content (AvgIpc) is 3.19. The Morgan fingerprint density at radius 3 is 2.57 bits per heavy atom. The maximum atomic E-state index is 13.0. The van der Waals surface area contributed by atoms with Crippen LogP contribution in [0.1, 0.15) is 44.2 Å². The third-order valence-electron chi connectivity index (χ3n) is 3.80. The Morgan fingerprint density at radius 2 is 2.10 bits per heavy atom. The summed E-state index contributed by atoms with van der Waals surface area (Å²) in [5.74, 6) is 0. The molecule has 1 fully saturated rings. The number of benzene rings is 1. The minimum atomic E-state index is -4.29. The molecule has 0 spiro atoms. The molecule has 4 nitrogen and oxygen atoms in total. The molecule has 1 atom stereocenters. The molecule has 2 rings (SSSR count). The number of hydrogen-bond donors (Lipinski definition) is 1. The first-order valence-corrected chi connectivity index (χ1v) is 6.88. The molecule has 116 valence electrons. The van der Waals surface area contributed by atoms with E-state index in [2.05, 4.69) is 5.32 Å². The van der Waals surface area contributed by atoms with Crippen LogP contribution in [0, 0.1) is 10.1 Å². The summed E-state index contributed by atoms with van der Waals surface area (Å²) < 4.78 is 39.1. The lowest BCUT2D eigenvalue weighted by molar-refractivity contribution is -0.384. The molecule has 1 aromatic rings. The van der Waals surface area contributed by atoms with Gasteiger partial charge >= 0.3 is 6.18 Å². The van der Waals surface area contributed by atoms with Gasteiger partial charge in [-0.15, -0.1) is 0 Å². The normalized spacial score (nSPS) is 18.3. The van der Waals surface area contributed by atoms with E-state index in [0.717, 1.165) is 0 Å². The summed E-state index contributed by atoms with van der Waals surface area (Å²) in [5.41, 5.74) is -1.40. The second-order valence-corrected chi connectivity index (χ2v) is 5.42. The fraction of sp³-hybridized carbons (Fsp3) is 0.571. The van der Waals surface area contributed by atoms with Crippen LogP contribution in [0.25, 0.3) is 0 Å². The molecule has 0 amide bonds. The zero-order valence-corrected chi connectivity index (χ0v) is 11.6. The van der Waals surface area contributed by atoms with Crippen LogP contribution in [0.2, 0.25) is 0 Å². The molecule has 7 heteroatoms. The first kappa shape index (κ1) is 15.8. The molecule has 0 saturated heterocycles. The van der Waals surface area contributed by atoms with Crippen molar-refractivity contribution in [2.45, 2.75) is 50.4 Å². The summed E-state index contributed by atoms with van der Waals surface area (Å²) in [6.45, 7) is 1.87. The van der Waals surface area contributed by atoms with Crippen molar-refractivity contribution in [1.82, 2.24) is 5.32 Å². The van der Waals surface area contributed by atoms with Gasteiger partial charge in [-0.25, -0.2) is 0 Å². The second-order valence-electron chi connectivity index (χ2n) is 5.42. The smallest absolute Gasteiger partial charge is 0.297 e. The molecular formula is C14H17F3N2O2. The van der Waals surface area contributed by atoms with Crippen LogP contribution >= 0.6 is 0 Å². The van der Waals surface area contributed by atoms with E-state index in [9.17, 15) is 23.3 Å². The van der Waals surface area contributed by atoms with E-state index in [-0.39, 0.29) is 18.5 Å². The predicted octanol–water partition coefficient (Wildman–Crippen LogP) is 4.12. The number of non-ortho nitro benzene ring substituents is 1. The molecule has 0 heterocycles. The van der Waals surface area contributed by atoms with Crippen LogP contribution in [0.15, 0.2) is 24.3 Å². The maximum Gasteiger partial charge on any atom is 0.406 e. The minimum Gasteiger partial charge on any atom is -0.297 e. The third-order valence-corrected chi connectivity index (χ3v) is 3.80. The van der Waals surface area contributed by atoms with Gasteiger partial charge in [-0.05, 0) is 24.8 Å². The highest BCUT2D eigenvalue weighted by Gasteiger charge is 2.63. The lowest BCUT2D eigenvalue weighted by Gasteiger charge is -2.27. The van der Waals surface area contributed by atoms with Crippen molar-refractivity contribution in [1.29, 1.82) is 0 Å². The van der Waals surface area contributed by atoms with Crippen molar-refractivity contribution >= 4 is 5.69 Å². The Bertz CT molecular complexity index is 527. The molecule has 21 heavy (non-hydrogen) atoms. The molecule has 1 N–H and O–H groups in total. The van der Waals surface area contributed by atoms with Gasteiger partial charge in [0, 0.05) is 18.2 Å². The molecular weight excluding hydrogens is 285 g/mol. The number of rotatable bonds is 6. The molecule has 0 bridgehead atoms. The number of halogens is 3. The van der Waals surface area contributed by atoms with Crippen LogP contribution in [0.3, 0.4) is 0 Å². The first-order valence-electron chi connectivity index (χ1n) is 6.88. The van der Waals surface area contributed by atoms with Crippen LogP contribution in [-0.2, 0) is 0 Å². The fourth-order valence-electron chi connectivity index (χ4n) is 2.43. The molecule has 0 radical (unpaired) electrons. The van der Waals surface area contributed by atoms with Crippen molar-refractivity contribution in [2.24, 2.45) is 0 Å². The average molecular weight is 302 g/mol. The van der Waals surface area contributed by atoms with Gasteiger partial charge in [-0.1, -0.05) is 25.5 Å². The number of nitrogens with zero attached hydrogens (tertiary/aromatic N) is 1. The third kappa shape index (κ3) is 3.34. The van der Waals surface area contributed by atoms with Gasteiger partial charge in [0.15, 0.2) is 0 Å². The van der Waals surface area contributed by atoms with E-state index >= 15 is 0 Å². The standard InChI is InChI=1S/C14H17F3N2O2/c1-2-4-12(18-13(7-8-13)14(15,16)17)10-5-3-6-11(9-10)19(20)21/h3,5-6,9,12,18H,2,4,7-8H2,1H3. The summed E-state index contributed by atoms with van der Waals surface area (Å²) in [6.07, 6.45) is -2.98. The van der Waals surface area contributed by atoms with Gasteiger partial charge in [0.25, 0.3) is 5.69 Å². The van der Waals surface area contributed by atoms with E-state index in [4.69, 9.17) is 0 Å². The van der Waals surface area contributed by atoms with E-state index < -0.39 is 22.7 Å². The lowest BCUT2D eigenvalue weighted by atomic mass is 10.00. The quantitative estimate of drug-likeness (QED) is 0.635. The number of alkyl halides is 3. The molecule has 0 aromatic heterocycles. The summed E-state index contributed by atoms with van der Waals surface area (Å²) >= 11 is 0. The van der Waals surface area contributed by atoms with Crippen molar-refractivity contribution in [3.05, 3.63) is 39.9 Å². The Balaban J connectivity index is 2.23. The van der Waals surface area contributed by atoms with Crippen molar-refractivity contribution in [3.8, 4) is 0 Å². The minimum absolute atomic E-state index is 0.0612. The molecule has 1 saturated carbocycles. The van der Waals surface area contributed by atoms with E-state index in [1.165, 1.54) is 18.2 Å². The zero-order valence-electron chi connectivity index (χ0n) is 11.6. The largest absolute Gasteiger partial charge is 0.406 e. The van der Waals surface area contributed by atoms with Crippen molar-refractivity contribution < 1.29 is 18.1 Å². The predicted molar refractivity (Wildman–Crippen MR) is 71.9 cm³/mol. The van der Waals surface area contributed by atoms with Gasteiger partial charge in [-0.3, -0.25) is 15.4 Å². The van der Waals surface area contributed by atoms with Gasteiger partial charge in [0.05, 0.1) is 4.92 Å². The maximum absolute atomic E-state index is 13.0. The molecule has 0 aliphatic heterocycles. The lowest BCUT2D eigenvalue weighted by Crippen LogP contribution is -2.46. The number of nitro benzene ring substituents is 1. The molecule has 1 aromatic carbocycles. The molecule has 1 aliphatic rings. The summed E-state index contributed by atoms with van der Waals surface area (Å²) in [6, 6.07) is 5.29. The van der Waals surface area contributed by atoms with Gasteiger partial charge in [-0.2, -0.15) is 13.2 Å². The monoisotopic (exact) mass is 302 g/mol. The van der Waals surface area contributed by atoms with E-state index in [1.54, 1.807) is 6.07 Å². The van der Waals surface area contributed by atoms with Gasteiger partial charge in [0.1, 0.15) is 5.54 Å². The topological polar surface area (TPSA) is 55.2 Å².